The van der Waals surface area contributed by atoms with Crippen molar-refractivity contribution >= 4 is 21.7 Å². The van der Waals surface area contributed by atoms with Crippen molar-refractivity contribution in [2.24, 2.45) is 0 Å². The summed E-state index contributed by atoms with van der Waals surface area (Å²) in [5, 5.41) is 3.29. The van der Waals surface area contributed by atoms with Crippen molar-refractivity contribution in [1.82, 2.24) is 9.97 Å². The molecule has 0 atom stereocenters. The predicted octanol–water partition coefficient (Wildman–Crippen LogP) is 4.98. The van der Waals surface area contributed by atoms with E-state index in [1.165, 1.54) is 0 Å². The van der Waals surface area contributed by atoms with Gasteiger partial charge in [-0.2, -0.15) is 4.98 Å². The number of hydrogen-bond acceptors (Lipinski definition) is 4. The van der Waals surface area contributed by atoms with Gasteiger partial charge in [0.05, 0.1) is 0 Å². The van der Waals surface area contributed by atoms with Gasteiger partial charge in [0.2, 0.25) is 5.88 Å². The summed E-state index contributed by atoms with van der Waals surface area (Å²) in [6, 6.07) is 9.52. The maximum Gasteiger partial charge on any atom is 0.224 e. The molecule has 0 radical (unpaired) electrons. The average molecular weight is 350 g/mol. The Labute approximate surface area is 134 Å². The van der Waals surface area contributed by atoms with Gasteiger partial charge in [-0.15, -0.1) is 0 Å². The number of nitrogens with zero attached hydrogens (tertiary/aromatic N) is 2. The molecule has 0 unspecified atom stereocenters. The lowest BCUT2D eigenvalue weighted by atomic mass is 10.2. The van der Waals surface area contributed by atoms with E-state index in [0.29, 0.717) is 5.88 Å². The summed E-state index contributed by atoms with van der Waals surface area (Å²) in [6.45, 7) is 7.15. The van der Waals surface area contributed by atoms with Crippen LogP contribution in [-0.4, -0.2) is 16.5 Å². The first-order valence-corrected chi connectivity index (χ1v) is 7.94. The molecule has 1 heterocycles. The Bertz CT molecular complexity index is 585. The topological polar surface area (TPSA) is 47.0 Å². The van der Waals surface area contributed by atoms with Gasteiger partial charge in [-0.05, 0) is 30.7 Å². The van der Waals surface area contributed by atoms with Crippen LogP contribution in [-0.2, 0) is 0 Å². The van der Waals surface area contributed by atoms with Gasteiger partial charge < -0.3 is 10.1 Å². The van der Waals surface area contributed by atoms with E-state index in [1.54, 1.807) is 0 Å². The average Bonchev–Trinajstić information content (AvgIpc) is 2.47. The number of hydrogen-bond donors (Lipinski definition) is 1. The highest BCUT2D eigenvalue weighted by Gasteiger charge is 2.09. The minimum atomic E-state index is 0.251. The van der Waals surface area contributed by atoms with E-state index in [0.717, 1.165) is 34.8 Å². The molecule has 0 saturated heterocycles. The second-order valence-electron chi connectivity index (χ2n) is 5.09. The molecule has 21 heavy (non-hydrogen) atoms. The fraction of sp³-hybridized carbons (Fsp3) is 0.375. The van der Waals surface area contributed by atoms with E-state index in [-0.39, 0.29) is 5.92 Å². The van der Waals surface area contributed by atoms with Crippen molar-refractivity contribution in [2.75, 3.05) is 11.9 Å². The summed E-state index contributed by atoms with van der Waals surface area (Å²) in [4.78, 5) is 8.99. The van der Waals surface area contributed by atoms with Crippen LogP contribution in [0.4, 0.5) is 5.82 Å². The Kier molecular flexibility index (Phi) is 5.56. The van der Waals surface area contributed by atoms with Crippen molar-refractivity contribution in [3.63, 3.8) is 0 Å². The summed E-state index contributed by atoms with van der Waals surface area (Å²) in [5.74, 6) is 3.16. The molecule has 2 aromatic rings. The Hall–Kier alpha value is -1.62. The SMILES string of the molecule is CCCNc1cc(Oc2ccc(Br)cc2)nc(C(C)C)n1. The third-order valence-corrected chi connectivity index (χ3v) is 3.36. The fourth-order valence-electron chi connectivity index (χ4n) is 1.72. The number of benzene rings is 1. The van der Waals surface area contributed by atoms with Gasteiger partial charge in [-0.1, -0.05) is 36.7 Å². The van der Waals surface area contributed by atoms with Crippen LogP contribution < -0.4 is 10.1 Å². The zero-order valence-electron chi connectivity index (χ0n) is 12.6. The standard InChI is InChI=1S/C16H20BrN3O/c1-4-9-18-14-10-15(20-16(19-14)11(2)3)21-13-7-5-12(17)6-8-13/h5-8,10-11H,4,9H2,1-3H3,(H,18,19,20). The van der Waals surface area contributed by atoms with Crippen LogP contribution in [0.25, 0.3) is 0 Å². The zero-order chi connectivity index (χ0) is 15.2. The van der Waals surface area contributed by atoms with E-state index in [2.05, 4.69) is 52.0 Å². The first-order chi connectivity index (χ1) is 10.1. The maximum absolute atomic E-state index is 5.83. The molecule has 0 amide bonds. The molecule has 1 aromatic carbocycles. The molecule has 0 saturated carbocycles. The monoisotopic (exact) mass is 349 g/mol. The molecule has 0 spiro atoms. The first-order valence-electron chi connectivity index (χ1n) is 7.14. The zero-order valence-corrected chi connectivity index (χ0v) is 14.1. The third-order valence-electron chi connectivity index (χ3n) is 2.83. The Morgan fingerprint density at radius 1 is 1.19 bits per heavy atom. The Balaban J connectivity index is 2.24. The number of halogens is 1. The summed E-state index contributed by atoms with van der Waals surface area (Å²) in [6.07, 6.45) is 1.05. The summed E-state index contributed by atoms with van der Waals surface area (Å²) >= 11 is 3.41. The molecule has 0 fully saturated rings. The smallest absolute Gasteiger partial charge is 0.224 e. The van der Waals surface area contributed by atoms with E-state index in [1.807, 2.05) is 30.3 Å². The van der Waals surface area contributed by atoms with Gasteiger partial charge in [0.25, 0.3) is 0 Å². The van der Waals surface area contributed by atoms with Crippen LogP contribution in [0.15, 0.2) is 34.8 Å². The summed E-state index contributed by atoms with van der Waals surface area (Å²) < 4.78 is 6.85. The minimum absolute atomic E-state index is 0.251. The highest BCUT2D eigenvalue weighted by Crippen LogP contribution is 2.25. The first kappa shape index (κ1) is 15.8. The molecule has 2 rings (SSSR count). The van der Waals surface area contributed by atoms with E-state index in [4.69, 9.17) is 4.74 Å². The molecule has 4 nitrogen and oxygen atoms in total. The van der Waals surface area contributed by atoms with E-state index < -0.39 is 0 Å². The van der Waals surface area contributed by atoms with Gasteiger partial charge in [-0.25, -0.2) is 4.98 Å². The van der Waals surface area contributed by atoms with Gasteiger partial charge in [-0.3, -0.25) is 0 Å². The highest BCUT2D eigenvalue weighted by molar-refractivity contribution is 9.10. The lowest BCUT2D eigenvalue weighted by Crippen LogP contribution is -2.07. The number of nitrogens with one attached hydrogen (secondary N) is 1. The Morgan fingerprint density at radius 2 is 1.90 bits per heavy atom. The van der Waals surface area contributed by atoms with Crippen LogP contribution in [0.5, 0.6) is 11.6 Å². The number of aromatic nitrogens is 2. The molecule has 112 valence electrons. The molecule has 5 heteroatoms. The van der Waals surface area contributed by atoms with Crippen molar-refractivity contribution in [3.05, 3.63) is 40.6 Å². The van der Waals surface area contributed by atoms with Gasteiger partial charge >= 0.3 is 0 Å². The van der Waals surface area contributed by atoms with Crippen LogP contribution >= 0.6 is 15.9 Å². The molecular formula is C16H20BrN3O. The van der Waals surface area contributed by atoms with E-state index in [9.17, 15) is 0 Å². The molecule has 0 bridgehead atoms. The lowest BCUT2D eigenvalue weighted by molar-refractivity contribution is 0.457. The van der Waals surface area contributed by atoms with Crippen LogP contribution in [0.2, 0.25) is 0 Å². The van der Waals surface area contributed by atoms with Gasteiger partial charge in [0.15, 0.2) is 0 Å². The van der Waals surface area contributed by atoms with Crippen molar-refractivity contribution in [2.45, 2.75) is 33.1 Å². The normalized spacial score (nSPS) is 10.7. The van der Waals surface area contributed by atoms with E-state index >= 15 is 0 Å². The van der Waals surface area contributed by atoms with Crippen molar-refractivity contribution in [1.29, 1.82) is 0 Å². The highest BCUT2D eigenvalue weighted by atomic mass is 79.9. The third kappa shape index (κ3) is 4.70. The second kappa shape index (κ2) is 7.41. The van der Waals surface area contributed by atoms with Crippen LogP contribution in [0, 0.1) is 0 Å². The second-order valence-corrected chi connectivity index (χ2v) is 6.00. The number of anilines is 1. The predicted molar refractivity (Wildman–Crippen MR) is 89.1 cm³/mol. The quantitative estimate of drug-likeness (QED) is 0.798. The maximum atomic E-state index is 5.83. The molecule has 1 N–H and O–H groups in total. The number of ether oxygens (including phenoxy) is 1. The minimum Gasteiger partial charge on any atom is -0.439 e. The molecule has 0 aliphatic heterocycles. The van der Waals surface area contributed by atoms with Crippen molar-refractivity contribution < 1.29 is 4.74 Å². The summed E-state index contributed by atoms with van der Waals surface area (Å²) in [7, 11) is 0. The van der Waals surface area contributed by atoms with Crippen LogP contribution in [0.1, 0.15) is 38.9 Å². The lowest BCUT2D eigenvalue weighted by Gasteiger charge is -2.12. The number of rotatable bonds is 6. The molecular weight excluding hydrogens is 330 g/mol. The fourth-order valence-corrected chi connectivity index (χ4v) is 1.98. The van der Waals surface area contributed by atoms with Crippen LogP contribution in [0.3, 0.4) is 0 Å². The van der Waals surface area contributed by atoms with Gasteiger partial charge in [0.1, 0.15) is 17.4 Å². The summed E-state index contributed by atoms with van der Waals surface area (Å²) in [5.41, 5.74) is 0. The molecule has 1 aromatic heterocycles. The largest absolute Gasteiger partial charge is 0.439 e. The molecule has 0 aliphatic carbocycles. The molecule has 0 aliphatic rings. The Morgan fingerprint density at radius 3 is 2.52 bits per heavy atom. The van der Waals surface area contributed by atoms with Crippen molar-refractivity contribution in [3.8, 4) is 11.6 Å². The van der Waals surface area contributed by atoms with Gasteiger partial charge in [0, 0.05) is 23.0 Å².